The van der Waals surface area contributed by atoms with E-state index >= 15 is 0 Å². The molecule has 2 heterocycles. The Morgan fingerprint density at radius 3 is 2.58 bits per heavy atom. The van der Waals surface area contributed by atoms with Gasteiger partial charge in [0.2, 0.25) is 0 Å². The van der Waals surface area contributed by atoms with Gasteiger partial charge in [-0.1, -0.05) is 11.2 Å². The van der Waals surface area contributed by atoms with Crippen LogP contribution in [0.25, 0.3) is 11.5 Å². The van der Waals surface area contributed by atoms with E-state index in [2.05, 4.69) is 15.1 Å². The maximum absolute atomic E-state index is 5.61. The molecule has 0 amide bonds. The van der Waals surface area contributed by atoms with Gasteiger partial charge in [-0.3, -0.25) is 4.98 Å². The average Bonchev–Trinajstić information content (AvgIpc) is 3.05. The van der Waals surface area contributed by atoms with Crippen molar-refractivity contribution in [3.63, 3.8) is 0 Å². The van der Waals surface area contributed by atoms with E-state index < -0.39 is 0 Å². The first kappa shape index (κ1) is 16.1. The lowest BCUT2D eigenvalue weighted by Crippen LogP contribution is -2.05. The highest BCUT2D eigenvalue weighted by Crippen LogP contribution is 2.21. The minimum atomic E-state index is 0.141. The van der Waals surface area contributed by atoms with Crippen LogP contribution in [0.2, 0.25) is 0 Å². The number of nitrogens with zero attached hydrogens (tertiary/aromatic N) is 3. The van der Waals surface area contributed by atoms with Crippen molar-refractivity contribution < 1.29 is 14.0 Å². The van der Waals surface area contributed by atoms with Crippen LogP contribution in [0.4, 0.5) is 0 Å². The third-order valence-electron chi connectivity index (χ3n) is 3.15. The largest absolute Gasteiger partial charge is 0.491 e. The van der Waals surface area contributed by atoms with E-state index in [4.69, 9.17) is 14.0 Å². The van der Waals surface area contributed by atoms with Gasteiger partial charge in [-0.2, -0.15) is 4.98 Å². The number of benzene rings is 1. The van der Waals surface area contributed by atoms with Crippen molar-refractivity contribution in [2.24, 2.45) is 0 Å². The molecule has 0 unspecified atom stereocenters. The molecular weight excluding hydrogens is 306 g/mol. The molecule has 1 aromatic carbocycles. The average molecular weight is 325 g/mol. The molecule has 0 radical (unpaired) electrons. The number of ether oxygens (including phenoxy) is 2. The molecular formula is C18H19N3O3. The molecule has 2 aromatic heterocycles. The summed E-state index contributed by atoms with van der Waals surface area (Å²) in [6, 6.07) is 13.3. The Hall–Kier alpha value is -2.73. The SMILES string of the molecule is CC(C)Oc1ccc(-c2nc(COCc3ccccn3)no2)cc1. The number of hydrogen-bond acceptors (Lipinski definition) is 6. The van der Waals surface area contributed by atoms with Crippen molar-refractivity contribution in [1.29, 1.82) is 0 Å². The Morgan fingerprint density at radius 2 is 1.88 bits per heavy atom. The molecule has 24 heavy (non-hydrogen) atoms. The molecule has 6 heteroatoms. The number of aromatic nitrogens is 3. The smallest absolute Gasteiger partial charge is 0.258 e. The molecule has 0 atom stereocenters. The summed E-state index contributed by atoms with van der Waals surface area (Å²) in [7, 11) is 0. The van der Waals surface area contributed by atoms with Crippen LogP contribution in [0.15, 0.2) is 53.2 Å². The summed E-state index contributed by atoms with van der Waals surface area (Å²) in [5.41, 5.74) is 1.71. The van der Waals surface area contributed by atoms with Crippen LogP contribution in [0, 0.1) is 0 Å². The molecule has 0 aliphatic heterocycles. The molecule has 6 nitrogen and oxygen atoms in total. The van der Waals surface area contributed by atoms with Crippen molar-refractivity contribution in [2.75, 3.05) is 0 Å². The van der Waals surface area contributed by atoms with E-state index in [-0.39, 0.29) is 12.7 Å². The molecule has 0 saturated carbocycles. The highest BCUT2D eigenvalue weighted by molar-refractivity contribution is 5.54. The van der Waals surface area contributed by atoms with Gasteiger partial charge in [0.15, 0.2) is 5.82 Å². The fraction of sp³-hybridized carbons (Fsp3) is 0.278. The van der Waals surface area contributed by atoms with Crippen LogP contribution in [0.3, 0.4) is 0 Å². The second kappa shape index (κ2) is 7.70. The molecule has 0 N–H and O–H groups in total. The van der Waals surface area contributed by atoms with E-state index in [1.807, 2.05) is 56.3 Å². The van der Waals surface area contributed by atoms with Gasteiger partial charge in [0.1, 0.15) is 12.4 Å². The lowest BCUT2D eigenvalue weighted by molar-refractivity contribution is 0.0975. The fourth-order valence-corrected chi connectivity index (χ4v) is 2.11. The second-order valence-electron chi connectivity index (χ2n) is 5.52. The predicted octanol–water partition coefficient (Wildman–Crippen LogP) is 3.64. The molecule has 124 valence electrons. The first-order valence-electron chi connectivity index (χ1n) is 7.78. The molecule has 0 spiro atoms. The fourth-order valence-electron chi connectivity index (χ4n) is 2.11. The molecule has 0 aliphatic carbocycles. The number of hydrogen-bond donors (Lipinski definition) is 0. The molecule has 0 fully saturated rings. The Morgan fingerprint density at radius 1 is 1.04 bits per heavy atom. The first-order valence-corrected chi connectivity index (χ1v) is 7.78. The molecule has 3 aromatic rings. The third kappa shape index (κ3) is 4.39. The normalized spacial score (nSPS) is 11.0. The van der Waals surface area contributed by atoms with Crippen LogP contribution < -0.4 is 4.74 Å². The zero-order valence-corrected chi connectivity index (χ0v) is 13.7. The van der Waals surface area contributed by atoms with Gasteiger partial charge in [-0.05, 0) is 50.2 Å². The molecule has 0 bridgehead atoms. The summed E-state index contributed by atoms with van der Waals surface area (Å²) in [5, 5.41) is 3.93. The molecule has 0 saturated heterocycles. The zero-order chi connectivity index (χ0) is 16.8. The quantitative estimate of drug-likeness (QED) is 0.660. The van der Waals surface area contributed by atoms with Gasteiger partial charge in [0.05, 0.1) is 18.4 Å². The Bertz CT molecular complexity index is 755. The lowest BCUT2D eigenvalue weighted by atomic mass is 10.2. The zero-order valence-electron chi connectivity index (χ0n) is 13.7. The Kier molecular flexibility index (Phi) is 5.18. The van der Waals surface area contributed by atoms with Gasteiger partial charge >= 0.3 is 0 Å². The summed E-state index contributed by atoms with van der Waals surface area (Å²) in [4.78, 5) is 8.53. The Balaban J connectivity index is 1.57. The Labute approximate surface area is 140 Å². The number of rotatable bonds is 7. The summed E-state index contributed by atoms with van der Waals surface area (Å²) in [6.07, 6.45) is 1.87. The van der Waals surface area contributed by atoms with Gasteiger partial charge in [0, 0.05) is 11.8 Å². The molecule has 0 aliphatic rings. The predicted molar refractivity (Wildman–Crippen MR) is 88.2 cm³/mol. The van der Waals surface area contributed by atoms with Gasteiger partial charge in [-0.15, -0.1) is 0 Å². The van der Waals surface area contributed by atoms with Crippen LogP contribution in [-0.4, -0.2) is 21.2 Å². The standard InChI is InChI=1S/C18H19N3O3/c1-13(2)23-16-8-6-14(7-9-16)18-20-17(21-24-18)12-22-11-15-5-3-4-10-19-15/h3-10,13H,11-12H2,1-2H3. The summed E-state index contributed by atoms with van der Waals surface area (Å²) >= 11 is 0. The van der Waals surface area contributed by atoms with Crippen LogP contribution in [0.1, 0.15) is 25.4 Å². The first-order chi connectivity index (χ1) is 11.7. The van der Waals surface area contributed by atoms with E-state index in [0.717, 1.165) is 17.0 Å². The van der Waals surface area contributed by atoms with Crippen molar-refractivity contribution in [3.8, 4) is 17.2 Å². The molecule has 3 rings (SSSR count). The maximum Gasteiger partial charge on any atom is 0.258 e. The van der Waals surface area contributed by atoms with E-state index in [9.17, 15) is 0 Å². The van der Waals surface area contributed by atoms with Crippen molar-refractivity contribution in [3.05, 3.63) is 60.2 Å². The van der Waals surface area contributed by atoms with Crippen LogP contribution >= 0.6 is 0 Å². The third-order valence-corrected chi connectivity index (χ3v) is 3.15. The van der Waals surface area contributed by atoms with Crippen LogP contribution in [0.5, 0.6) is 5.75 Å². The van der Waals surface area contributed by atoms with E-state index in [1.54, 1.807) is 6.20 Å². The van der Waals surface area contributed by atoms with E-state index in [1.165, 1.54) is 0 Å². The topological polar surface area (TPSA) is 70.3 Å². The highest BCUT2D eigenvalue weighted by Gasteiger charge is 2.09. The minimum absolute atomic E-state index is 0.141. The monoisotopic (exact) mass is 325 g/mol. The summed E-state index contributed by atoms with van der Waals surface area (Å²) in [5.74, 6) is 1.78. The van der Waals surface area contributed by atoms with Gasteiger partial charge in [0.25, 0.3) is 5.89 Å². The summed E-state index contributed by atoms with van der Waals surface area (Å²) in [6.45, 7) is 4.66. The minimum Gasteiger partial charge on any atom is -0.491 e. The van der Waals surface area contributed by atoms with Gasteiger partial charge in [-0.25, -0.2) is 0 Å². The van der Waals surface area contributed by atoms with Crippen molar-refractivity contribution in [2.45, 2.75) is 33.2 Å². The van der Waals surface area contributed by atoms with E-state index in [0.29, 0.717) is 18.3 Å². The maximum atomic E-state index is 5.61. The second-order valence-corrected chi connectivity index (χ2v) is 5.52. The summed E-state index contributed by atoms with van der Waals surface area (Å²) < 4.78 is 16.4. The van der Waals surface area contributed by atoms with Gasteiger partial charge < -0.3 is 14.0 Å². The van der Waals surface area contributed by atoms with Crippen molar-refractivity contribution in [1.82, 2.24) is 15.1 Å². The van der Waals surface area contributed by atoms with Crippen molar-refractivity contribution >= 4 is 0 Å². The highest BCUT2D eigenvalue weighted by atomic mass is 16.5. The van der Waals surface area contributed by atoms with Crippen LogP contribution in [-0.2, 0) is 18.0 Å². The lowest BCUT2D eigenvalue weighted by Gasteiger charge is -2.09. The number of pyridine rings is 1.